The number of hydrogen-bond donors (Lipinski definition) is 1. The molecule has 2 aromatic carbocycles. The molecule has 184 valence electrons. The summed E-state index contributed by atoms with van der Waals surface area (Å²) in [6.07, 6.45) is 1.02. The number of carbonyl (C=O) groups is 3. The lowest BCUT2D eigenvalue weighted by atomic mass is 9.76. The second-order valence-electron chi connectivity index (χ2n) is 9.26. The maximum atomic E-state index is 14.0. The van der Waals surface area contributed by atoms with E-state index in [0.29, 0.717) is 43.2 Å². The summed E-state index contributed by atoms with van der Waals surface area (Å²) < 4.78 is 16.8. The SMILES string of the molecule is CCC[C@]1(C(=O)OCC)N[C@H](c2ccccc2C)[C@@H]2C(=O)N(c3ccc4c(c3)OCCO4)C(=O)[C@@H]21. The number of nitrogens with zero attached hydrogens (tertiary/aromatic N) is 1. The number of amides is 2. The van der Waals surface area contributed by atoms with Crippen LogP contribution >= 0.6 is 0 Å². The van der Waals surface area contributed by atoms with Gasteiger partial charge in [0.15, 0.2) is 11.5 Å². The molecule has 0 aliphatic carbocycles. The first-order valence-corrected chi connectivity index (χ1v) is 12.2. The van der Waals surface area contributed by atoms with Gasteiger partial charge in [-0.1, -0.05) is 37.6 Å². The largest absolute Gasteiger partial charge is 0.486 e. The highest BCUT2D eigenvalue weighted by molar-refractivity contribution is 6.24. The zero-order valence-corrected chi connectivity index (χ0v) is 20.2. The molecule has 4 atom stereocenters. The van der Waals surface area contributed by atoms with E-state index in [2.05, 4.69) is 5.32 Å². The van der Waals surface area contributed by atoms with Crippen molar-refractivity contribution < 1.29 is 28.6 Å². The van der Waals surface area contributed by atoms with Gasteiger partial charge >= 0.3 is 5.97 Å². The van der Waals surface area contributed by atoms with Crippen LogP contribution in [0, 0.1) is 18.8 Å². The van der Waals surface area contributed by atoms with E-state index in [4.69, 9.17) is 14.2 Å². The van der Waals surface area contributed by atoms with E-state index in [1.54, 1.807) is 25.1 Å². The van der Waals surface area contributed by atoms with E-state index in [0.717, 1.165) is 11.1 Å². The lowest BCUT2D eigenvalue weighted by Crippen LogP contribution is -2.56. The van der Waals surface area contributed by atoms with Gasteiger partial charge < -0.3 is 14.2 Å². The first-order chi connectivity index (χ1) is 16.9. The maximum Gasteiger partial charge on any atom is 0.327 e. The number of anilines is 1. The summed E-state index contributed by atoms with van der Waals surface area (Å²) in [5, 5.41) is 3.44. The van der Waals surface area contributed by atoms with Crippen LogP contribution in [0.15, 0.2) is 42.5 Å². The molecule has 0 bridgehead atoms. The first-order valence-electron chi connectivity index (χ1n) is 12.2. The standard InChI is InChI=1S/C27H30N2O6/c1-4-12-27(26(32)33-5-2)22-21(23(28-27)18-9-7-6-8-16(18)3)24(30)29(25(22)31)17-10-11-19-20(15-17)35-14-13-34-19/h6-11,15,21-23,28H,4-5,12-14H2,1-3H3/t21-,22-,23-,27+/m1/s1. The van der Waals surface area contributed by atoms with E-state index in [9.17, 15) is 14.4 Å². The molecule has 0 unspecified atom stereocenters. The average molecular weight is 479 g/mol. The topological polar surface area (TPSA) is 94.2 Å². The summed E-state index contributed by atoms with van der Waals surface area (Å²) >= 11 is 0. The molecule has 0 saturated carbocycles. The third-order valence-corrected chi connectivity index (χ3v) is 7.25. The van der Waals surface area contributed by atoms with Gasteiger partial charge in [0.2, 0.25) is 11.8 Å². The normalized spacial score (nSPS) is 27.2. The van der Waals surface area contributed by atoms with Crippen LogP contribution in [-0.4, -0.2) is 43.1 Å². The van der Waals surface area contributed by atoms with Crippen molar-refractivity contribution in [3.05, 3.63) is 53.6 Å². The zero-order valence-electron chi connectivity index (χ0n) is 20.2. The van der Waals surface area contributed by atoms with Crippen LogP contribution in [0.25, 0.3) is 0 Å². The number of rotatable bonds is 6. The van der Waals surface area contributed by atoms with Crippen molar-refractivity contribution in [1.29, 1.82) is 0 Å². The summed E-state index contributed by atoms with van der Waals surface area (Å²) in [5.74, 6) is -1.78. The number of ether oxygens (including phenoxy) is 3. The van der Waals surface area contributed by atoms with Crippen LogP contribution in [0.5, 0.6) is 11.5 Å². The molecule has 5 rings (SSSR count). The highest BCUT2D eigenvalue weighted by atomic mass is 16.6. The quantitative estimate of drug-likeness (QED) is 0.503. The second kappa shape index (κ2) is 9.00. The Kier molecular flexibility index (Phi) is 6.01. The minimum atomic E-state index is -1.29. The fraction of sp³-hybridized carbons (Fsp3) is 0.444. The number of fused-ring (bicyclic) bond motifs is 2. The van der Waals surface area contributed by atoms with Crippen molar-refractivity contribution in [1.82, 2.24) is 5.32 Å². The minimum absolute atomic E-state index is 0.187. The molecule has 35 heavy (non-hydrogen) atoms. The van der Waals surface area contributed by atoms with Gasteiger partial charge in [-0.25, -0.2) is 4.90 Å². The first kappa shape index (κ1) is 23.4. The van der Waals surface area contributed by atoms with Crippen LogP contribution in [-0.2, 0) is 19.1 Å². The molecule has 2 amide bonds. The van der Waals surface area contributed by atoms with Gasteiger partial charge in [-0.3, -0.25) is 19.7 Å². The van der Waals surface area contributed by atoms with Crippen molar-refractivity contribution >= 4 is 23.5 Å². The number of carbonyl (C=O) groups excluding carboxylic acids is 3. The summed E-state index contributed by atoms with van der Waals surface area (Å²) in [6, 6.07) is 12.3. The van der Waals surface area contributed by atoms with Crippen molar-refractivity contribution in [2.75, 3.05) is 24.7 Å². The van der Waals surface area contributed by atoms with Crippen LogP contribution in [0.3, 0.4) is 0 Å². The number of aryl methyl sites for hydroxylation is 1. The molecule has 0 radical (unpaired) electrons. The Hall–Kier alpha value is -3.39. The predicted octanol–water partition coefficient (Wildman–Crippen LogP) is 3.32. The van der Waals surface area contributed by atoms with E-state index in [1.807, 2.05) is 38.1 Å². The highest BCUT2D eigenvalue weighted by Gasteiger charge is 2.68. The van der Waals surface area contributed by atoms with Crippen LogP contribution < -0.4 is 19.7 Å². The Morgan fingerprint density at radius 3 is 2.54 bits per heavy atom. The Labute approximate surface area is 204 Å². The van der Waals surface area contributed by atoms with Gasteiger partial charge in [-0.15, -0.1) is 0 Å². The lowest BCUT2D eigenvalue weighted by molar-refractivity contribution is -0.155. The average Bonchev–Trinajstić information content (AvgIpc) is 3.33. The summed E-state index contributed by atoms with van der Waals surface area (Å²) in [4.78, 5) is 42.6. The van der Waals surface area contributed by atoms with Crippen LogP contribution in [0.4, 0.5) is 5.69 Å². The van der Waals surface area contributed by atoms with Crippen molar-refractivity contribution in [2.24, 2.45) is 11.8 Å². The number of benzene rings is 2. The van der Waals surface area contributed by atoms with E-state index in [-0.39, 0.29) is 12.5 Å². The summed E-state index contributed by atoms with van der Waals surface area (Å²) in [6.45, 7) is 6.69. The fourth-order valence-electron chi connectivity index (χ4n) is 5.80. The molecule has 8 heteroatoms. The van der Waals surface area contributed by atoms with Crippen molar-refractivity contribution in [3.8, 4) is 11.5 Å². The summed E-state index contributed by atoms with van der Waals surface area (Å²) in [7, 11) is 0. The molecule has 2 saturated heterocycles. The number of hydrogen-bond acceptors (Lipinski definition) is 7. The smallest absolute Gasteiger partial charge is 0.327 e. The molecule has 2 aromatic rings. The van der Waals surface area contributed by atoms with E-state index >= 15 is 0 Å². The van der Waals surface area contributed by atoms with Gasteiger partial charge in [0.1, 0.15) is 18.8 Å². The van der Waals surface area contributed by atoms with Crippen LogP contribution in [0.1, 0.15) is 43.9 Å². The number of imide groups is 1. The fourth-order valence-corrected chi connectivity index (χ4v) is 5.80. The molecule has 3 aliphatic heterocycles. The van der Waals surface area contributed by atoms with Crippen molar-refractivity contribution in [3.63, 3.8) is 0 Å². The van der Waals surface area contributed by atoms with Gasteiger partial charge in [-0.2, -0.15) is 0 Å². The zero-order chi connectivity index (χ0) is 24.7. The van der Waals surface area contributed by atoms with Gasteiger partial charge in [0.05, 0.1) is 24.1 Å². The molecule has 3 heterocycles. The second-order valence-corrected chi connectivity index (χ2v) is 9.26. The third-order valence-electron chi connectivity index (χ3n) is 7.25. The third kappa shape index (κ3) is 3.58. The predicted molar refractivity (Wildman–Crippen MR) is 128 cm³/mol. The highest BCUT2D eigenvalue weighted by Crippen LogP contribution is 2.52. The van der Waals surface area contributed by atoms with E-state index in [1.165, 1.54) is 4.90 Å². The molecule has 0 spiro atoms. The molecule has 1 N–H and O–H groups in total. The van der Waals surface area contributed by atoms with Gasteiger partial charge in [0, 0.05) is 12.1 Å². The Balaban J connectivity index is 1.63. The molecule has 0 aromatic heterocycles. The minimum Gasteiger partial charge on any atom is -0.486 e. The Bertz CT molecular complexity index is 1180. The van der Waals surface area contributed by atoms with E-state index < -0.39 is 35.3 Å². The van der Waals surface area contributed by atoms with Gasteiger partial charge in [0.25, 0.3) is 0 Å². The summed E-state index contributed by atoms with van der Waals surface area (Å²) in [5.41, 5.74) is 1.00. The number of nitrogens with one attached hydrogen (secondary N) is 1. The molecular formula is C27H30N2O6. The van der Waals surface area contributed by atoms with Crippen LogP contribution in [0.2, 0.25) is 0 Å². The van der Waals surface area contributed by atoms with Crippen molar-refractivity contribution in [2.45, 2.75) is 45.2 Å². The maximum absolute atomic E-state index is 14.0. The Morgan fingerprint density at radius 2 is 1.83 bits per heavy atom. The molecule has 8 nitrogen and oxygen atoms in total. The van der Waals surface area contributed by atoms with Gasteiger partial charge in [-0.05, 0) is 43.5 Å². The Morgan fingerprint density at radius 1 is 1.09 bits per heavy atom. The monoisotopic (exact) mass is 478 g/mol. The lowest BCUT2D eigenvalue weighted by Gasteiger charge is -2.33. The molecular weight excluding hydrogens is 448 g/mol. The number of esters is 1. The molecule has 2 fully saturated rings. The molecule has 3 aliphatic rings.